The number of hydrogen-bond donors (Lipinski definition) is 4. The fourth-order valence-electron chi connectivity index (χ4n) is 3.21. The molecule has 0 spiro atoms. The molecule has 0 aromatic carbocycles. The second-order valence-corrected chi connectivity index (χ2v) is 6.42. The second kappa shape index (κ2) is 9.64. The lowest BCUT2D eigenvalue weighted by Gasteiger charge is -2.32. The van der Waals surface area contributed by atoms with Crippen LogP contribution in [0.2, 0.25) is 0 Å². The van der Waals surface area contributed by atoms with E-state index >= 15 is 0 Å². The average Bonchev–Trinajstić information content (AvgIpc) is 2.57. The number of amides is 3. The van der Waals surface area contributed by atoms with Gasteiger partial charge in [-0.05, 0) is 19.8 Å². The highest BCUT2D eigenvalue weighted by Gasteiger charge is 2.29. The average molecular weight is 339 g/mol. The van der Waals surface area contributed by atoms with E-state index in [-0.39, 0.29) is 37.1 Å². The zero-order chi connectivity index (χ0) is 17.4. The van der Waals surface area contributed by atoms with Crippen molar-refractivity contribution in [3.8, 4) is 0 Å². The van der Waals surface area contributed by atoms with E-state index in [2.05, 4.69) is 16.0 Å². The second-order valence-electron chi connectivity index (χ2n) is 6.42. The molecular weight excluding hydrogens is 310 g/mol. The van der Waals surface area contributed by atoms with Crippen molar-refractivity contribution in [2.75, 3.05) is 13.2 Å². The van der Waals surface area contributed by atoms with Crippen LogP contribution in [0.25, 0.3) is 0 Å². The number of ether oxygens (including phenoxy) is 1. The van der Waals surface area contributed by atoms with Gasteiger partial charge in [0.15, 0.2) is 0 Å². The molecule has 7 nitrogen and oxygen atoms in total. The van der Waals surface area contributed by atoms with Crippen molar-refractivity contribution in [1.82, 2.24) is 16.0 Å². The van der Waals surface area contributed by atoms with Gasteiger partial charge in [-0.3, -0.25) is 4.79 Å². The summed E-state index contributed by atoms with van der Waals surface area (Å²) in [4.78, 5) is 23.7. The maximum absolute atomic E-state index is 12.1. The Kier molecular flexibility index (Phi) is 7.52. The van der Waals surface area contributed by atoms with Crippen LogP contribution in [0.4, 0.5) is 4.79 Å². The lowest BCUT2D eigenvalue weighted by Crippen LogP contribution is -2.53. The molecule has 7 heteroatoms. The lowest BCUT2D eigenvalue weighted by molar-refractivity contribution is -0.125. The molecule has 1 heterocycles. The molecule has 24 heavy (non-hydrogen) atoms. The Morgan fingerprint density at radius 2 is 1.92 bits per heavy atom. The van der Waals surface area contributed by atoms with E-state index < -0.39 is 12.1 Å². The molecule has 0 saturated heterocycles. The minimum Gasteiger partial charge on any atom is -0.394 e. The molecule has 0 aromatic rings. The molecule has 1 aliphatic carbocycles. The van der Waals surface area contributed by atoms with Gasteiger partial charge in [0.2, 0.25) is 5.91 Å². The molecule has 0 unspecified atom stereocenters. The lowest BCUT2D eigenvalue weighted by atomic mass is 9.96. The van der Waals surface area contributed by atoms with Gasteiger partial charge in [0.05, 0.1) is 25.2 Å². The van der Waals surface area contributed by atoms with Crippen molar-refractivity contribution < 1.29 is 19.4 Å². The topological polar surface area (TPSA) is 99.7 Å². The van der Waals surface area contributed by atoms with E-state index in [1.807, 2.05) is 6.92 Å². The predicted molar refractivity (Wildman–Crippen MR) is 90.5 cm³/mol. The van der Waals surface area contributed by atoms with Crippen molar-refractivity contribution in [1.29, 1.82) is 0 Å². The van der Waals surface area contributed by atoms with E-state index in [0.717, 1.165) is 25.7 Å². The third-order valence-corrected chi connectivity index (χ3v) is 4.46. The summed E-state index contributed by atoms with van der Waals surface area (Å²) in [5.41, 5.74) is 0. The first kappa shape index (κ1) is 18.7. The van der Waals surface area contributed by atoms with E-state index in [0.29, 0.717) is 6.54 Å². The predicted octanol–water partition coefficient (Wildman–Crippen LogP) is 0.829. The first-order valence-electron chi connectivity index (χ1n) is 8.90. The number of aliphatic hydroxyl groups is 1. The van der Waals surface area contributed by atoms with Crippen LogP contribution in [0.3, 0.4) is 0 Å². The van der Waals surface area contributed by atoms with Crippen LogP contribution in [0, 0.1) is 0 Å². The van der Waals surface area contributed by atoms with Gasteiger partial charge in [0, 0.05) is 12.6 Å². The fraction of sp³-hybridized carbons (Fsp3) is 0.765. The van der Waals surface area contributed by atoms with Crippen molar-refractivity contribution in [2.24, 2.45) is 0 Å². The Balaban J connectivity index is 1.83. The minimum absolute atomic E-state index is 0.0923. The number of carbonyl (C=O) groups is 2. The summed E-state index contributed by atoms with van der Waals surface area (Å²) in [6.45, 7) is 2.21. The first-order chi connectivity index (χ1) is 11.6. The monoisotopic (exact) mass is 339 g/mol. The standard InChI is InChI=1S/C17H29N3O4/c1-2-18-16(22)10-13-8-9-14(15(11-21)24-13)20-17(23)19-12-6-4-3-5-7-12/h8-9,12-15,21H,2-7,10-11H2,1H3,(H,18,22)(H2,19,20,23)/t13-,14-,15-/m0/s1. The molecule has 1 aliphatic heterocycles. The summed E-state index contributed by atoms with van der Waals surface area (Å²) < 4.78 is 5.72. The van der Waals surface area contributed by atoms with Crippen LogP contribution in [-0.4, -0.2) is 54.5 Å². The highest BCUT2D eigenvalue weighted by Crippen LogP contribution is 2.18. The van der Waals surface area contributed by atoms with Crippen LogP contribution >= 0.6 is 0 Å². The molecule has 0 radical (unpaired) electrons. The molecule has 0 aromatic heterocycles. The van der Waals surface area contributed by atoms with Crippen molar-refractivity contribution >= 4 is 11.9 Å². The van der Waals surface area contributed by atoms with Gasteiger partial charge in [0.25, 0.3) is 0 Å². The largest absolute Gasteiger partial charge is 0.394 e. The zero-order valence-corrected chi connectivity index (χ0v) is 14.3. The number of urea groups is 1. The van der Waals surface area contributed by atoms with Gasteiger partial charge < -0.3 is 25.8 Å². The van der Waals surface area contributed by atoms with Gasteiger partial charge in [-0.25, -0.2) is 4.79 Å². The normalized spacial score (nSPS) is 27.5. The van der Waals surface area contributed by atoms with E-state index in [9.17, 15) is 14.7 Å². The third-order valence-electron chi connectivity index (χ3n) is 4.46. The number of carbonyl (C=O) groups excluding carboxylic acids is 2. The molecule has 2 aliphatic rings. The maximum Gasteiger partial charge on any atom is 0.315 e. The van der Waals surface area contributed by atoms with Crippen LogP contribution in [0.15, 0.2) is 12.2 Å². The molecule has 4 N–H and O–H groups in total. The summed E-state index contributed by atoms with van der Waals surface area (Å²) in [6.07, 6.45) is 8.42. The SMILES string of the molecule is CCNC(=O)C[C@@H]1C=C[C@H](NC(=O)NC2CCCCC2)[C@H](CO)O1. The third kappa shape index (κ3) is 5.79. The minimum atomic E-state index is -0.550. The van der Waals surface area contributed by atoms with Gasteiger partial charge in [-0.15, -0.1) is 0 Å². The Hall–Kier alpha value is -1.60. The maximum atomic E-state index is 12.1. The van der Waals surface area contributed by atoms with Gasteiger partial charge in [-0.2, -0.15) is 0 Å². The smallest absolute Gasteiger partial charge is 0.315 e. The van der Waals surface area contributed by atoms with Gasteiger partial charge in [-0.1, -0.05) is 31.4 Å². The quantitative estimate of drug-likeness (QED) is 0.539. The molecule has 1 fully saturated rings. The molecule has 136 valence electrons. The van der Waals surface area contributed by atoms with Crippen molar-refractivity contribution in [2.45, 2.75) is 69.7 Å². The van der Waals surface area contributed by atoms with Gasteiger partial charge >= 0.3 is 6.03 Å². The zero-order valence-electron chi connectivity index (χ0n) is 14.3. The van der Waals surface area contributed by atoms with E-state index in [4.69, 9.17) is 4.74 Å². The van der Waals surface area contributed by atoms with Crippen molar-refractivity contribution in [3.05, 3.63) is 12.2 Å². The number of rotatable bonds is 6. The van der Waals surface area contributed by atoms with Crippen LogP contribution < -0.4 is 16.0 Å². The van der Waals surface area contributed by atoms with E-state index in [1.54, 1.807) is 12.2 Å². The Morgan fingerprint density at radius 1 is 1.17 bits per heavy atom. The molecule has 3 amide bonds. The summed E-state index contributed by atoms with van der Waals surface area (Å²) >= 11 is 0. The highest BCUT2D eigenvalue weighted by molar-refractivity contribution is 5.77. The van der Waals surface area contributed by atoms with Crippen molar-refractivity contribution in [3.63, 3.8) is 0 Å². The number of nitrogens with one attached hydrogen (secondary N) is 3. The first-order valence-corrected chi connectivity index (χ1v) is 8.90. The fourth-order valence-corrected chi connectivity index (χ4v) is 3.21. The van der Waals surface area contributed by atoms with E-state index in [1.165, 1.54) is 6.42 Å². The molecule has 1 saturated carbocycles. The molecule has 0 bridgehead atoms. The summed E-state index contributed by atoms with van der Waals surface area (Å²) in [7, 11) is 0. The number of hydrogen-bond acceptors (Lipinski definition) is 4. The molecule has 2 rings (SSSR count). The van der Waals surface area contributed by atoms with Crippen LogP contribution in [0.5, 0.6) is 0 Å². The van der Waals surface area contributed by atoms with Gasteiger partial charge in [0.1, 0.15) is 6.10 Å². The summed E-state index contributed by atoms with van der Waals surface area (Å²) in [5, 5.41) is 18.1. The number of aliphatic hydroxyl groups excluding tert-OH is 1. The molecule has 3 atom stereocenters. The molecular formula is C17H29N3O4. The Morgan fingerprint density at radius 3 is 2.58 bits per heavy atom. The summed E-state index contributed by atoms with van der Waals surface area (Å²) in [6, 6.07) is -0.407. The summed E-state index contributed by atoms with van der Waals surface area (Å²) in [5.74, 6) is -0.0923. The van der Waals surface area contributed by atoms with Crippen LogP contribution in [0.1, 0.15) is 45.4 Å². The Bertz CT molecular complexity index is 449. The highest BCUT2D eigenvalue weighted by atomic mass is 16.5. The Labute approximate surface area is 143 Å². The van der Waals surface area contributed by atoms with Crippen LogP contribution in [-0.2, 0) is 9.53 Å².